The number of ether oxygens (including phenoxy) is 3. The highest BCUT2D eigenvalue weighted by atomic mass is 79.9. The first-order chi connectivity index (χ1) is 14.2. The van der Waals surface area contributed by atoms with Crippen LogP contribution in [0, 0.1) is 6.92 Å². The van der Waals surface area contributed by atoms with Crippen molar-refractivity contribution in [1.82, 2.24) is 0 Å². The van der Waals surface area contributed by atoms with E-state index in [2.05, 4.69) is 15.9 Å². The number of fused-ring (bicyclic) bond motifs is 1. The van der Waals surface area contributed by atoms with E-state index in [0.717, 1.165) is 10.9 Å². The minimum absolute atomic E-state index is 0.122. The minimum atomic E-state index is -0.884. The highest BCUT2D eigenvalue weighted by Gasteiger charge is 2.26. The zero-order chi connectivity index (χ0) is 21.9. The van der Waals surface area contributed by atoms with E-state index in [4.69, 9.17) is 14.2 Å². The molecule has 0 saturated carbocycles. The van der Waals surface area contributed by atoms with Crippen LogP contribution in [0.4, 0.5) is 4.79 Å². The number of hydrogen-bond acceptors (Lipinski definition) is 5. The monoisotopic (exact) mass is 470 g/mol. The Kier molecular flexibility index (Phi) is 6.46. The van der Waals surface area contributed by atoms with Crippen molar-refractivity contribution in [2.75, 3.05) is 0 Å². The second kappa shape index (κ2) is 8.88. The van der Waals surface area contributed by atoms with Crippen molar-refractivity contribution in [2.45, 2.75) is 38.6 Å². The number of alkyl halides is 1. The van der Waals surface area contributed by atoms with Crippen LogP contribution in [0.15, 0.2) is 54.6 Å². The highest BCUT2D eigenvalue weighted by Crippen LogP contribution is 2.36. The summed E-state index contributed by atoms with van der Waals surface area (Å²) < 4.78 is 16.5. The van der Waals surface area contributed by atoms with Gasteiger partial charge in [0.25, 0.3) is 0 Å². The fourth-order valence-corrected chi connectivity index (χ4v) is 3.43. The van der Waals surface area contributed by atoms with Crippen LogP contribution in [0.25, 0.3) is 10.8 Å². The first-order valence-electron chi connectivity index (χ1n) is 9.48. The second-order valence-corrected chi connectivity index (χ2v) is 8.43. The second-order valence-electron chi connectivity index (χ2n) is 7.87. The van der Waals surface area contributed by atoms with Crippen LogP contribution < -0.4 is 9.47 Å². The number of carbonyl (C=O) groups is 2. The van der Waals surface area contributed by atoms with Gasteiger partial charge in [0.15, 0.2) is 5.75 Å². The number of benzene rings is 3. The third-order valence-electron chi connectivity index (χ3n) is 4.21. The first-order valence-corrected chi connectivity index (χ1v) is 10.6. The third-order valence-corrected chi connectivity index (χ3v) is 4.81. The summed E-state index contributed by atoms with van der Waals surface area (Å²) in [6, 6.07) is 16.3. The fraction of sp³-hybridized carbons (Fsp3) is 0.250. The molecule has 3 rings (SSSR count). The van der Waals surface area contributed by atoms with Crippen molar-refractivity contribution in [3.63, 3.8) is 0 Å². The third kappa shape index (κ3) is 5.19. The van der Waals surface area contributed by atoms with Gasteiger partial charge in [-0.15, -0.1) is 0 Å². The summed E-state index contributed by atoms with van der Waals surface area (Å²) in [5.41, 5.74) is 1.14. The maximum Gasteiger partial charge on any atom is 0.514 e. The fourth-order valence-electron chi connectivity index (χ4n) is 2.98. The van der Waals surface area contributed by atoms with E-state index in [1.165, 1.54) is 0 Å². The average Bonchev–Trinajstić information content (AvgIpc) is 2.66. The highest BCUT2D eigenvalue weighted by molar-refractivity contribution is 9.08. The average molecular weight is 471 g/mol. The van der Waals surface area contributed by atoms with Crippen LogP contribution >= 0.6 is 15.9 Å². The molecule has 156 valence electrons. The molecule has 3 aromatic carbocycles. The summed E-state index contributed by atoms with van der Waals surface area (Å²) in [4.78, 5) is 25.6. The van der Waals surface area contributed by atoms with E-state index in [-0.39, 0.29) is 11.3 Å². The number of rotatable bonds is 4. The van der Waals surface area contributed by atoms with Crippen molar-refractivity contribution in [1.29, 1.82) is 0 Å². The van der Waals surface area contributed by atoms with E-state index in [0.29, 0.717) is 22.0 Å². The molecule has 0 amide bonds. The molecule has 0 saturated heterocycles. The molecule has 0 unspecified atom stereocenters. The molecule has 0 N–H and O–H groups in total. The molecule has 0 bridgehead atoms. The molecule has 30 heavy (non-hydrogen) atoms. The van der Waals surface area contributed by atoms with Gasteiger partial charge in [-0.2, -0.15) is 0 Å². The Labute approximate surface area is 184 Å². The molecule has 0 aromatic heterocycles. The summed E-state index contributed by atoms with van der Waals surface area (Å²) >= 11 is 3.44. The van der Waals surface area contributed by atoms with Gasteiger partial charge < -0.3 is 14.2 Å². The number of carbonyl (C=O) groups excluding carboxylic acids is 2. The number of para-hydroxylation sites is 1. The predicted octanol–water partition coefficient (Wildman–Crippen LogP) is 6.58. The van der Waals surface area contributed by atoms with Crippen molar-refractivity contribution in [3.05, 3.63) is 71.3 Å². The molecule has 3 aromatic rings. The summed E-state index contributed by atoms with van der Waals surface area (Å²) in [5, 5.41) is 1.84. The minimum Gasteiger partial charge on any atom is -0.428 e. The molecule has 6 heteroatoms. The molecular weight excluding hydrogens is 448 g/mol. The zero-order valence-electron chi connectivity index (χ0n) is 17.3. The van der Waals surface area contributed by atoms with Crippen LogP contribution in [0.1, 0.15) is 42.3 Å². The lowest BCUT2D eigenvalue weighted by molar-refractivity contribution is 0.0207. The SMILES string of the molecule is Cc1ccc2c(OC(=O)OC(C)(C)C)c(C(=O)Oc3ccccc3)c(CBr)cc2c1. The van der Waals surface area contributed by atoms with Crippen LogP contribution in [0.2, 0.25) is 0 Å². The Balaban J connectivity index is 2.14. The lowest BCUT2D eigenvalue weighted by Gasteiger charge is -2.21. The Morgan fingerprint density at radius 3 is 2.30 bits per heavy atom. The summed E-state index contributed by atoms with van der Waals surface area (Å²) in [6.07, 6.45) is -0.884. The van der Waals surface area contributed by atoms with Gasteiger partial charge in [0.05, 0.1) is 0 Å². The summed E-state index contributed by atoms with van der Waals surface area (Å²) in [6.45, 7) is 7.21. The van der Waals surface area contributed by atoms with Crippen LogP contribution in [-0.2, 0) is 10.1 Å². The molecule has 5 nitrogen and oxygen atoms in total. The molecule has 0 radical (unpaired) electrons. The smallest absolute Gasteiger partial charge is 0.428 e. The van der Waals surface area contributed by atoms with Gasteiger partial charge in [-0.1, -0.05) is 57.9 Å². The molecular formula is C24H23BrO5. The van der Waals surface area contributed by atoms with Gasteiger partial charge in [-0.25, -0.2) is 9.59 Å². The summed E-state index contributed by atoms with van der Waals surface area (Å²) in [7, 11) is 0. The number of aryl methyl sites for hydroxylation is 1. The molecule has 0 heterocycles. The van der Waals surface area contributed by atoms with E-state index in [1.807, 2.05) is 37.3 Å². The largest absolute Gasteiger partial charge is 0.514 e. The van der Waals surface area contributed by atoms with E-state index >= 15 is 0 Å². The van der Waals surface area contributed by atoms with Gasteiger partial charge >= 0.3 is 12.1 Å². The molecule has 0 aliphatic carbocycles. The van der Waals surface area contributed by atoms with Gasteiger partial charge in [0, 0.05) is 10.7 Å². The number of esters is 1. The van der Waals surface area contributed by atoms with Gasteiger partial charge in [0.1, 0.15) is 16.9 Å². The molecule has 0 aliphatic rings. The Hall–Kier alpha value is -2.86. The molecule has 0 spiro atoms. The zero-order valence-corrected chi connectivity index (χ0v) is 18.9. The Morgan fingerprint density at radius 1 is 0.967 bits per heavy atom. The maximum atomic E-state index is 13.1. The molecule has 0 atom stereocenters. The predicted molar refractivity (Wildman–Crippen MR) is 120 cm³/mol. The van der Waals surface area contributed by atoms with Crippen molar-refractivity contribution in [2.24, 2.45) is 0 Å². The number of hydrogen-bond donors (Lipinski definition) is 0. The van der Waals surface area contributed by atoms with Gasteiger partial charge in [-0.3, -0.25) is 0 Å². The lowest BCUT2D eigenvalue weighted by Crippen LogP contribution is -2.27. The van der Waals surface area contributed by atoms with Crippen LogP contribution in [0.3, 0.4) is 0 Å². The topological polar surface area (TPSA) is 61.8 Å². The van der Waals surface area contributed by atoms with E-state index in [1.54, 1.807) is 45.0 Å². The van der Waals surface area contributed by atoms with Crippen molar-refractivity contribution >= 4 is 38.8 Å². The molecule has 0 fully saturated rings. The maximum absolute atomic E-state index is 13.1. The van der Waals surface area contributed by atoms with Crippen LogP contribution in [-0.4, -0.2) is 17.7 Å². The Bertz CT molecular complexity index is 1080. The van der Waals surface area contributed by atoms with Crippen molar-refractivity contribution < 1.29 is 23.8 Å². The quantitative estimate of drug-likeness (QED) is 0.186. The van der Waals surface area contributed by atoms with Gasteiger partial charge in [-0.05, 0) is 56.8 Å². The Morgan fingerprint density at radius 2 is 1.67 bits per heavy atom. The normalized spacial score (nSPS) is 11.2. The van der Waals surface area contributed by atoms with Crippen LogP contribution in [0.5, 0.6) is 11.5 Å². The van der Waals surface area contributed by atoms with E-state index in [9.17, 15) is 9.59 Å². The van der Waals surface area contributed by atoms with E-state index < -0.39 is 17.7 Å². The summed E-state index contributed by atoms with van der Waals surface area (Å²) in [5.74, 6) is -0.0935. The standard InChI is InChI=1S/C24H23BrO5/c1-15-10-11-19-16(12-15)13-17(14-25)20(21(19)29-23(27)30-24(2,3)4)22(26)28-18-8-6-5-7-9-18/h5-13H,14H2,1-4H3. The van der Waals surface area contributed by atoms with Gasteiger partial charge in [0.2, 0.25) is 0 Å². The van der Waals surface area contributed by atoms with Crippen molar-refractivity contribution in [3.8, 4) is 11.5 Å². The molecule has 0 aliphatic heterocycles. The lowest BCUT2D eigenvalue weighted by atomic mass is 9.98. The number of halogens is 1. The first kappa shape index (κ1) is 21.8.